The minimum absolute atomic E-state index is 0.222. The molecule has 11 heavy (non-hydrogen) atoms. The minimum atomic E-state index is -0.228. The van der Waals surface area contributed by atoms with Crippen LogP contribution in [0.5, 0.6) is 0 Å². The van der Waals surface area contributed by atoms with Gasteiger partial charge in [0.15, 0.2) is 0 Å². The summed E-state index contributed by atoms with van der Waals surface area (Å²) in [6.07, 6.45) is 2.88. The molecule has 3 heteroatoms. The van der Waals surface area contributed by atoms with E-state index in [0.717, 1.165) is 0 Å². The molecule has 0 aromatic heterocycles. The molecule has 1 aliphatic carbocycles. The summed E-state index contributed by atoms with van der Waals surface area (Å²) in [7, 11) is 0. The highest BCUT2D eigenvalue weighted by Crippen LogP contribution is 2.34. The number of carbonyl (C=O) groups excluding carboxylic acids is 1. The summed E-state index contributed by atoms with van der Waals surface area (Å²) in [4.78, 5) is 10.5. The van der Waals surface area contributed by atoms with Gasteiger partial charge in [0.25, 0.3) is 0 Å². The van der Waals surface area contributed by atoms with Crippen LogP contribution >= 0.6 is 0 Å². The van der Waals surface area contributed by atoms with Crippen LogP contribution in [0.15, 0.2) is 0 Å². The second kappa shape index (κ2) is 2.81. The van der Waals surface area contributed by atoms with Crippen LogP contribution in [-0.2, 0) is 4.79 Å². The molecule has 1 fully saturated rings. The van der Waals surface area contributed by atoms with Gasteiger partial charge in [0.2, 0.25) is 5.91 Å². The first-order valence-electron chi connectivity index (χ1n) is 4.08. The van der Waals surface area contributed by atoms with E-state index in [9.17, 15) is 4.79 Å². The monoisotopic (exact) mass is 156 g/mol. The van der Waals surface area contributed by atoms with Crippen LogP contribution in [0.25, 0.3) is 0 Å². The predicted octanol–water partition coefficient (Wildman–Crippen LogP) is 0.392. The molecule has 1 amide bonds. The van der Waals surface area contributed by atoms with E-state index in [1.807, 2.05) is 6.92 Å². The molecule has 1 rings (SSSR count). The van der Waals surface area contributed by atoms with Gasteiger partial charge >= 0.3 is 0 Å². The van der Waals surface area contributed by atoms with Crippen LogP contribution in [0.1, 0.15) is 33.1 Å². The normalized spacial score (nSPS) is 22.7. The molecular formula is C8H16N2O. The Bertz CT molecular complexity index is 163. The van der Waals surface area contributed by atoms with Crippen LogP contribution in [-0.4, -0.2) is 17.5 Å². The van der Waals surface area contributed by atoms with Gasteiger partial charge in [-0.1, -0.05) is 0 Å². The van der Waals surface area contributed by atoms with Crippen LogP contribution < -0.4 is 11.1 Å². The summed E-state index contributed by atoms with van der Waals surface area (Å²) in [5.41, 5.74) is 5.35. The maximum absolute atomic E-state index is 10.5. The standard InChI is InChI=1S/C8H16N2O/c1-6(5-7(9)11)10-8(2)3-4-8/h6,10H,3-5H2,1-2H3,(H2,9,11). The third-order valence-electron chi connectivity index (χ3n) is 2.10. The Morgan fingerprint density at radius 3 is 2.64 bits per heavy atom. The fraction of sp³-hybridized carbons (Fsp3) is 0.875. The zero-order chi connectivity index (χ0) is 8.48. The summed E-state index contributed by atoms with van der Waals surface area (Å²) in [5, 5.41) is 3.36. The molecule has 0 aromatic carbocycles. The second-order valence-corrected chi connectivity index (χ2v) is 3.78. The van der Waals surface area contributed by atoms with Crippen molar-refractivity contribution in [1.29, 1.82) is 0 Å². The van der Waals surface area contributed by atoms with Gasteiger partial charge in [0, 0.05) is 18.0 Å². The molecule has 1 aliphatic rings. The summed E-state index contributed by atoms with van der Waals surface area (Å²) in [6, 6.07) is 0.222. The van der Waals surface area contributed by atoms with Crippen LogP contribution in [0.4, 0.5) is 0 Å². The molecule has 1 unspecified atom stereocenters. The van der Waals surface area contributed by atoms with Crippen molar-refractivity contribution in [3.05, 3.63) is 0 Å². The number of hydrogen-bond acceptors (Lipinski definition) is 2. The summed E-state index contributed by atoms with van der Waals surface area (Å²) >= 11 is 0. The highest BCUT2D eigenvalue weighted by molar-refractivity contribution is 5.74. The zero-order valence-corrected chi connectivity index (χ0v) is 7.18. The van der Waals surface area contributed by atoms with Gasteiger partial charge in [0.05, 0.1) is 0 Å². The number of primary amides is 1. The van der Waals surface area contributed by atoms with Gasteiger partial charge in [-0.2, -0.15) is 0 Å². The molecule has 64 valence electrons. The van der Waals surface area contributed by atoms with Crippen molar-refractivity contribution in [2.75, 3.05) is 0 Å². The average molecular weight is 156 g/mol. The first kappa shape index (κ1) is 8.53. The van der Waals surface area contributed by atoms with E-state index in [4.69, 9.17) is 5.73 Å². The molecule has 0 aliphatic heterocycles. The molecule has 0 spiro atoms. The molecule has 1 saturated carbocycles. The van der Waals surface area contributed by atoms with Gasteiger partial charge in [-0.05, 0) is 26.7 Å². The highest BCUT2D eigenvalue weighted by Gasteiger charge is 2.37. The van der Waals surface area contributed by atoms with E-state index in [1.54, 1.807) is 0 Å². The SMILES string of the molecule is CC(CC(N)=O)NC1(C)CC1. The minimum Gasteiger partial charge on any atom is -0.370 e. The number of amides is 1. The van der Waals surface area contributed by atoms with E-state index < -0.39 is 0 Å². The van der Waals surface area contributed by atoms with Crippen LogP contribution in [0.2, 0.25) is 0 Å². The van der Waals surface area contributed by atoms with Crippen molar-refractivity contribution in [1.82, 2.24) is 5.32 Å². The zero-order valence-electron chi connectivity index (χ0n) is 7.18. The van der Waals surface area contributed by atoms with E-state index in [0.29, 0.717) is 12.0 Å². The number of rotatable bonds is 4. The van der Waals surface area contributed by atoms with Gasteiger partial charge in [0.1, 0.15) is 0 Å². The Morgan fingerprint density at radius 2 is 2.27 bits per heavy atom. The maximum atomic E-state index is 10.5. The molecular weight excluding hydrogens is 140 g/mol. The summed E-state index contributed by atoms with van der Waals surface area (Å²) in [5.74, 6) is -0.228. The number of nitrogens with two attached hydrogens (primary N) is 1. The fourth-order valence-corrected chi connectivity index (χ4v) is 1.28. The molecule has 0 heterocycles. The average Bonchev–Trinajstić information content (AvgIpc) is 2.44. The third kappa shape index (κ3) is 2.89. The van der Waals surface area contributed by atoms with E-state index in [2.05, 4.69) is 12.2 Å². The van der Waals surface area contributed by atoms with Crippen molar-refractivity contribution >= 4 is 5.91 Å². The third-order valence-corrected chi connectivity index (χ3v) is 2.10. The molecule has 0 radical (unpaired) electrons. The summed E-state index contributed by atoms with van der Waals surface area (Å²) < 4.78 is 0. The molecule has 1 atom stereocenters. The van der Waals surface area contributed by atoms with Crippen molar-refractivity contribution in [3.63, 3.8) is 0 Å². The highest BCUT2D eigenvalue weighted by atomic mass is 16.1. The number of hydrogen-bond donors (Lipinski definition) is 2. The largest absolute Gasteiger partial charge is 0.370 e. The molecule has 3 nitrogen and oxygen atoms in total. The molecule has 3 N–H and O–H groups in total. The number of carbonyl (C=O) groups is 1. The van der Waals surface area contributed by atoms with Gasteiger partial charge < -0.3 is 11.1 Å². The first-order valence-corrected chi connectivity index (χ1v) is 4.08. The topological polar surface area (TPSA) is 55.1 Å². The van der Waals surface area contributed by atoms with Crippen molar-refractivity contribution in [2.24, 2.45) is 5.73 Å². The lowest BCUT2D eigenvalue weighted by molar-refractivity contribution is -0.118. The van der Waals surface area contributed by atoms with Crippen LogP contribution in [0.3, 0.4) is 0 Å². The fourth-order valence-electron chi connectivity index (χ4n) is 1.28. The Labute approximate surface area is 67.3 Å². The lowest BCUT2D eigenvalue weighted by atomic mass is 10.2. The van der Waals surface area contributed by atoms with Gasteiger partial charge in [-0.3, -0.25) is 4.79 Å². The summed E-state index contributed by atoms with van der Waals surface area (Å²) in [6.45, 7) is 4.17. The number of nitrogens with one attached hydrogen (secondary N) is 1. The quantitative estimate of drug-likeness (QED) is 0.618. The second-order valence-electron chi connectivity index (χ2n) is 3.78. The van der Waals surface area contributed by atoms with Gasteiger partial charge in [-0.15, -0.1) is 0 Å². The van der Waals surface area contributed by atoms with Crippen molar-refractivity contribution in [3.8, 4) is 0 Å². The molecule has 0 bridgehead atoms. The van der Waals surface area contributed by atoms with E-state index in [1.165, 1.54) is 12.8 Å². The Hall–Kier alpha value is -0.570. The van der Waals surface area contributed by atoms with Crippen molar-refractivity contribution in [2.45, 2.75) is 44.7 Å². The Kier molecular flexibility index (Phi) is 2.18. The van der Waals surface area contributed by atoms with Gasteiger partial charge in [-0.25, -0.2) is 0 Å². The first-order chi connectivity index (χ1) is 5.02. The Balaban J connectivity index is 2.20. The lowest BCUT2D eigenvalue weighted by Gasteiger charge is -2.17. The molecule has 0 saturated heterocycles. The van der Waals surface area contributed by atoms with Crippen molar-refractivity contribution < 1.29 is 4.79 Å². The van der Waals surface area contributed by atoms with E-state index in [-0.39, 0.29) is 11.9 Å². The maximum Gasteiger partial charge on any atom is 0.218 e. The smallest absolute Gasteiger partial charge is 0.218 e. The lowest BCUT2D eigenvalue weighted by Crippen LogP contribution is -2.38. The van der Waals surface area contributed by atoms with Crippen LogP contribution in [0, 0.1) is 0 Å². The molecule has 0 aromatic rings. The predicted molar refractivity (Wildman–Crippen MR) is 44.0 cm³/mol. The Morgan fingerprint density at radius 1 is 1.73 bits per heavy atom. The van der Waals surface area contributed by atoms with E-state index >= 15 is 0 Å².